The van der Waals surface area contributed by atoms with E-state index in [9.17, 15) is 5.11 Å². The Balaban J connectivity index is 1.33. The van der Waals surface area contributed by atoms with Gasteiger partial charge in [0.1, 0.15) is 29.9 Å². The summed E-state index contributed by atoms with van der Waals surface area (Å²) in [6, 6.07) is 35.1. The van der Waals surface area contributed by atoms with E-state index < -0.39 is 29.9 Å². The van der Waals surface area contributed by atoms with Crippen molar-refractivity contribution in [3.63, 3.8) is 0 Å². The van der Waals surface area contributed by atoms with Crippen molar-refractivity contribution in [2.24, 2.45) is 0 Å². The van der Waals surface area contributed by atoms with Crippen LogP contribution in [-0.2, 0) is 44.5 Å². The number of benzene rings is 4. The second kappa shape index (κ2) is 49.3. The number of ether oxygens (including phenoxy) is 7. The molecule has 0 unspecified atom stereocenters. The Hall–Kier alpha value is -3.57. The summed E-state index contributed by atoms with van der Waals surface area (Å²) in [6.45, 7) is 9.62. The maximum Gasteiger partial charge on any atom is 0.203 e. The fourth-order valence-electron chi connectivity index (χ4n) is 11.6. The SMILES string of the molecule is CCCCCCCCCCCCCCOc1cc(CS[C@@H]2O[C@H](CO)[C@@H](OCc3ccccc3)[C@H](OCc3ccccc3)[C@H]2OCc2ccccc2)cc(OCCCCCCCCCCCCCC)c1OCCCCCCCCCCCCCC. The molecule has 478 valence electrons. The van der Waals surface area contributed by atoms with Gasteiger partial charge in [-0.3, -0.25) is 0 Å². The third-order valence-corrected chi connectivity index (χ3v) is 18.1. The molecule has 0 spiro atoms. The molecule has 1 aliphatic heterocycles. The molecular formula is C76H120O8S. The summed E-state index contributed by atoms with van der Waals surface area (Å²) >= 11 is 1.67. The molecule has 1 heterocycles. The Bertz CT molecular complexity index is 2080. The Morgan fingerprint density at radius 1 is 0.353 bits per heavy atom. The van der Waals surface area contributed by atoms with Crippen molar-refractivity contribution in [1.82, 2.24) is 0 Å². The molecule has 0 aliphatic carbocycles. The van der Waals surface area contributed by atoms with Gasteiger partial charge in [-0.05, 0) is 53.6 Å². The fourth-order valence-corrected chi connectivity index (χ4v) is 12.8. The minimum atomic E-state index is -0.654. The predicted molar refractivity (Wildman–Crippen MR) is 358 cm³/mol. The average Bonchev–Trinajstić information content (AvgIpc) is 2.31. The number of aliphatic hydroxyl groups is 1. The van der Waals surface area contributed by atoms with Crippen LogP contribution in [0.15, 0.2) is 103 Å². The zero-order valence-electron chi connectivity index (χ0n) is 54.0. The van der Waals surface area contributed by atoms with E-state index in [1.807, 2.05) is 54.6 Å². The van der Waals surface area contributed by atoms with E-state index in [0.29, 0.717) is 45.4 Å². The minimum absolute atomic E-state index is 0.230. The van der Waals surface area contributed by atoms with Crippen LogP contribution in [-0.4, -0.2) is 61.4 Å². The van der Waals surface area contributed by atoms with Crippen LogP contribution in [0.5, 0.6) is 17.2 Å². The van der Waals surface area contributed by atoms with Crippen LogP contribution in [0.1, 0.15) is 274 Å². The van der Waals surface area contributed by atoms with Crippen molar-refractivity contribution in [2.45, 2.75) is 307 Å². The fraction of sp³-hybridized carbons (Fsp3) is 0.684. The zero-order chi connectivity index (χ0) is 59.7. The molecular weight excluding hydrogens is 1070 g/mol. The molecule has 85 heavy (non-hydrogen) atoms. The molecule has 1 saturated heterocycles. The molecule has 0 radical (unpaired) electrons. The summed E-state index contributed by atoms with van der Waals surface area (Å²) in [5.41, 5.74) is 3.70. The van der Waals surface area contributed by atoms with E-state index in [2.05, 4.69) is 69.3 Å². The summed E-state index contributed by atoms with van der Waals surface area (Å²) < 4.78 is 48.2. The van der Waals surface area contributed by atoms with Gasteiger partial charge in [0.05, 0.1) is 46.2 Å². The maximum absolute atomic E-state index is 11.1. The number of hydrogen-bond acceptors (Lipinski definition) is 9. The van der Waals surface area contributed by atoms with Crippen molar-refractivity contribution in [3.8, 4) is 17.2 Å². The first-order chi connectivity index (χ1) is 42.1. The van der Waals surface area contributed by atoms with E-state index in [-0.39, 0.29) is 6.61 Å². The Morgan fingerprint density at radius 3 is 1.00 bits per heavy atom. The monoisotopic (exact) mass is 1190 g/mol. The molecule has 0 amide bonds. The average molecular weight is 1190 g/mol. The molecule has 0 saturated carbocycles. The lowest BCUT2D eigenvalue weighted by Crippen LogP contribution is -2.60. The summed E-state index contributed by atoms with van der Waals surface area (Å²) in [5.74, 6) is 2.84. The van der Waals surface area contributed by atoms with Crippen LogP contribution in [0.3, 0.4) is 0 Å². The highest BCUT2D eigenvalue weighted by Gasteiger charge is 2.48. The first kappa shape index (κ1) is 72.2. The van der Waals surface area contributed by atoms with E-state index in [4.69, 9.17) is 33.2 Å². The van der Waals surface area contributed by atoms with Crippen molar-refractivity contribution in [2.75, 3.05) is 26.4 Å². The van der Waals surface area contributed by atoms with E-state index in [1.165, 1.54) is 193 Å². The van der Waals surface area contributed by atoms with Crippen LogP contribution in [0.2, 0.25) is 0 Å². The number of unbranched alkanes of at least 4 members (excludes halogenated alkanes) is 33. The smallest absolute Gasteiger partial charge is 0.203 e. The van der Waals surface area contributed by atoms with Crippen LogP contribution in [0.4, 0.5) is 0 Å². The lowest BCUT2D eigenvalue weighted by Gasteiger charge is -2.45. The number of rotatable bonds is 55. The van der Waals surface area contributed by atoms with Gasteiger partial charge in [-0.15, -0.1) is 11.8 Å². The molecule has 0 aromatic heterocycles. The molecule has 4 aromatic carbocycles. The van der Waals surface area contributed by atoms with Crippen molar-refractivity contribution in [3.05, 3.63) is 125 Å². The van der Waals surface area contributed by atoms with Crippen molar-refractivity contribution < 1.29 is 38.3 Å². The molecule has 8 nitrogen and oxygen atoms in total. The molecule has 9 heteroatoms. The molecule has 0 bridgehead atoms. The molecule has 5 rings (SSSR count). The van der Waals surface area contributed by atoms with Gasteiger partial charge in [0.15, 0.2) is 11.5 Å². The zero-order valence-corrected chi connectivity index (χ0v) is 54.8. The van der Waals surface area contributed by atoms with Crippen LogP contribution < -0.4 is 14.2 Å². The molecule has 1 fully saturated rings. The minimum Gasteiger partial charge on any atom is -0.490 e. The second-order valence-electron chi connectivity index (χ2n) is 24.5. The summed E-state index contributed by atoms with van der Waals surface area (Å²) in [7, 11) is 0. The second-order valence-corrected chi connectivity index (χ2v) is 25.5. The molecule has 1 N–H and O–H groups in total. The summed E-state index contributed by atoms with van der Waals surface area (Å²) in [6.07, 6.45) is 44.4. The standard InChI is InChI=1S/C76H120O8S/c1-4-7-10-13-16-19-22-25-28-31-34-46-55-78-69-58-68(59-70(79-56-47-35-32-29-26-23-20-17-14-11-8-5-2)72(69)80-57-48-36-33-30-27-24-21-18-15-12-9-6-3)64-85-76-75(83-63-67-53-44-39-45-54-67)74(82-62-66-51-42-38-43-52-66)73(71(60-77)84-76)81-61-65-49-40-37-41-50-65/h37-45,49-54,58-59,71,73-77H,4-36,46-48,55-57,60-64H2,1-3H3/t71-,73-,74+,75-,76+/m1/s1. The quantitative estimate of drug-likeness (QED) is 0.0435. The normalized spacial score (nSPS) is 16.9. The van der Waals surface area contributed by atoms with Gasteiger partial charge in [-0.2, -0.15) is 0 Å². The molecule has 4 aromatic rings. The van der Waals surface area contributed by atoms with Crippen molar-refractivity contribution in [1.29, 1.82) is 0 Å². The van der Waals surface area contributed by atoms with Gasteiger partial charge in [0, 0.05) is 5.75 Å². The van der Waals surface area contributed by atoms with Gasteiger partial charge < -0.3 is 38.3 Å². The van der Waals surface area contributed by atoms with Gasteiger partial charge in [0.25, 0.3) is 0 Å². The summed E-state index contributed by atoms with van der Waals surface area (Å²) in [5, 5.41) is 11.1. The number of thioether (sulfide) groups is 1. The van der Waals surface area contributed by atoms with E-state index >= 15 is 0 Å². The predicted octanol–water partition coefficient (Wildman–Crippen LogP) is 21.6. The van der Waals surface area contributed by atoms with Crippen LogP contribution in [0.25, 0.3) is 0 Å². The number of hydrogen-bond donors (Lipinski definition) is 1. The third-order valence-electron chi connectivity index (χ3n) is 16.9. The van der Waals surface area contributed by atoms with Gasteiger partial charge in [-0.1, -0.05) is 324 Å². The Morgan fingerprint density at radius 2 is 0.659 bits per heavy atom. The first-order valence-corrected chi connectivity index (χ1v) is 36.1. The highest BCUT2D eigenvalue weighted by Crippen LogP contribution is 2.43. The maximum atomic E-state index is 11.1. The van der Waals surface area contributed by atoms with Crippen molar-refractivity contribution >= 4 is 11.8 Å². The lowest BCUT2D eigenvalue weighted by molar-refractivity contribution is -0.251. The third kappa shape index (κ3) is 32.5. The van der Waals surface area contributed by atoms with Gasteiger partial charge in [0.2, 0.25) is 5.75 Å². The van der Waals surface area contributed by atoms with Crippen LogP contribution >= 0.6 is 11.8 Å². The van der Waals surface area contributed by atoms with Gasteiger partial charge in [-0.25, -0.2) is 0 Å². The van der Waals surface area contributed by atoms with E-state index in [1.54, 1.807) is 11.8 Å². The highest BCUT2D eigenvalue weighted by molar-refractivity contribution is 7.99. The summed E-state index contributed by atoms with van der Waals surface area (Å²) in [4.78, 5) is 0. The largest absolute Gasteiger partial charge is 0.490 e. The number of aliphatic hydroxyl groups excluding tert-OH is 1. The highest BCUT2D eigenvalue weighted by atomic mass is 32.2. The molecule has 5 atom stereocenters. The van der Waals surface area contributed by atoms with Crippen LogP contribution in [0, 0.1) is 0 Å². The van der Waals surface area contributed by atoms with Gasteiger partial charge >= 0.3 is 0 Å². The lowest BCUT2D eigenvalue weighted by atomic mass is 9.99. The first-order valence-electron chi connectivity index (χ1n) is 35.0. The topological polar surface area (TPSA) is 84.8 Å². The Kier molecular flexibility index (Phi) is 41.9. The van der Waals surface area contributed by atoms with E-state index in [0.717, 1.165) is 78.0 Å². The molecule has 1 aliphatic rings. The Labute approximate surface area is 523 Å².